The molecule has 0 aromatic carbocycles. The number of rotatable bonds is 6. The van der Waals surface area contributed by atoms with E-state index >= 15 is 0 Å². The van der Waals surface area contributed by atoms with Gasteiger partial charge in [-0.2, -0.15) is 0 Å². The summed E-state index contributed by atoms with van der Waals surface area (Å²) < 4.78 is -0.124. The molecule has 2 saturated heterocycles. The Morgan fingerprint density at radius 1 is 1.40 bits per heavy atom. The maximum absolute atomic E-state index is 12.1. The van der Waals surface area contributed by atoms with Crippen molar-refractivity contribution in [2.45, 2.75) is 69.0 Å². The number of unbranched alkanes of at least 4 members (excludes halogenated alkanes) is 3. The van der Waals surface area contributed by atoms with Crippen LogP contribution in [0.4, 0.5) is 0 Å². The molecule has 2 rings (SSSR count). The van der Waals surface area contributed by atoms with Crippen molar-refractivity contribution >= 4 is 23.6 Å². The van der Waals surface area contributed by atoms with Gasteiger partial charge in [0.05, 0.1) is 4.75 Å². The molecule has 20 heavy (non-hydrogen) atoms. The van der Waals surface area contributed by atoms with Crippen LogP contribution in [0.3, 0.4) is 0 Å². The summed E-state index contributed by atoms with van der Waals surface area (Å²) in [6.07, 6.45) is 4.83. The SMILES string of the molecule is C=C1N2C(=O)[C@@H](NC(=O)CCCCCC)[C@H]2SC1(C)C. The number of nitrogens with one attached hydrogen (secondary N) is 1. The largest absolute Gasteiger partial charge is 0.342 e. The highest BCUT2D eigenvalue weighted by molar-refractivity contribution is 8.01. The van der Waals surface area contributed by atoms with Gasteiger partial charge in [0.2, 0.25) is 5.91 Å². The molecule has 0 saturated carbocycles. The fourth-order valence-electron chi connectivity index (χ4n) is 2.62. The second-order valence-corrected chi connectivity index (χ2v) is 7.77. The van der Waals surface area contributed by atoms with E-state index in [-0.39, 0.29) is 28.0 Å². The van der Waals surface area contributed by atoms with Crippen molar-refractivity contribution < 1.29 is 9.59 Å². The average molecular weight is 296 g/mol. The van der Waals surface area contributed by atoms with E-state index in [1.54, 1.807) is 16.7 Å². The maximum Gasteiger partial charge on any atom is 0.253 e. The third-order valence-electron chi connectivity index (χ3n) is 4.02. The monoisotopic (exact) mass is 296 g/mol. The van der Waals surface area contributed by atoms with E-state index in [1.807, 2.05) is 0 Å². The van der Waals surface area contributed by atoms with Crippen molar-refractivity contribution in [1.82, 2.24) is 10.2 Å². The van der Waals surface area contributed by atoms with E-state index in [0.717, 1.165) is 31.4 Å². The van der Waals surface area contributed by atoms with Crippen LogP contribution in [0.25, 0.3) is 0 Å². The first kappa shape index (κ1) is 15.4. The zero-order valence-corrected chi connectivity index (χ0v) is 13.4. The van der Waals surface area contributed by atoms with Gasteiger partial charge in [-0.15, -0.1) is 11.8 Å². The fourth-order valence-corrected chi connectivity index (χ4v) is 4.12. The smallest absolute Gasteiger partial charge is 0.253 e. The Hall–Kier alpha value is -0.970. The van der Waals surface area contributed by atoms with Gasteiger partial charge >= 0.3 is 0 Å². The van der Waals surface area contributed by atoms with Gasteiger partial charge in [0.1, 0.15) is 11.4 Å². The Bertz CT molecular complexity index is 434. The van der Waals surface area contributed by atoms with E-state index in [1.165, 1.54) is 0 Å². The first-order valence-corrected chi connectivity index (χ1v) is 8.26. The molecule has 5 heteroatoms. The zero-order valence-electron chi connectivity index (χ0n) is 12.6. The lowest BCUT2D eigenvalue weighted by molar-refractivity contribution is -0.145. The fraction of sp³-hybridized carbons (Fsp3) is 0.733. The number of carbonyl (C=O) groups is 2. The minimum atomic E-state index is -0.364. The minimum absolute atomic E-state index is 0.00461. The van der Waals surface area contributed by atoms with Crippen molar-refractivity contribution in [3.8, 4) is 0 Å². The van der Waals surface area contributed by atoms with Gasteiger partial charge in [-0.05, 0) is 20.3 Å². The molecule has 2 aliphatic rings. The van der Waals surface area contributed by atoms with Crippen LogP contribution in [0.15, 0.2) is 12.3 Å². The van der Waals surface area contributed by atoms with Crippen molar-refractivity contribution in [3.63, 3.8) is 0 Å². The lowest BCUT2D eigenvalue weighted by atomic mass is 10.0. The van der Waals surface area contributed by atoms with Gasteiger partial charge in [-0.3, -0.25) is 14.5 Å². The predicted octanol–water partition coefficient (Wildman–Crippen LogP) is 2.65. The average Bonchev–Trinajstić information content (AvgIpc) is 2.60. The number of β-lactam (4-membered cyclic amide) rings is 1. The van der Waals surface area contributed by atoms with Crippen LogP contribution in [0.2, 0.25) is 0 Å². The molecule has 112 valence electrons. The van der Waals surface area contributed by atoms with Crippen LogP contribution in [-0.4, -0.2) is 32.9 Å². The Labute approximate surface area is 125 Å². The summed E-state index contributed by atoms with van der Waals surface area (Å²) in [6.45, 7) is 10.3. The second-order valence-electron chi connectivity index (χ2n) is 6.03. The third-order valence-corrected chi connectivity index (χ3v) is 5.57. The highest BCUT2D eigenvalue weighted by Crippen LogP contribution is 2.52. The Kier molecular flexibility index (Phi) is 4.47. The molecule has 2 amide bonds. The number of hydrogen-bond donors (Lipinski definition) is 1. The number of nitrogens with zero attached hydrogens (tertiary/aromatic N) is 1. The van der Waals surface area contributed by atoms with Gasteiger partial charge in [0.25, 0.3) is 5.91 Å². The third kappa shape index (κ3) is 2.73. The van der Waals surface area contributed by atoms with Crippen LogP contribution in [-0.2, 0) is 9.59 Å². The van der Waals surface area contributed by atoms with Crippen molar-refractivity contribution in [2.75, 3.05) is 0 Å². The summed E-state index contributed by atoms with van der Waals surface area (Å²) in [4.78, 5) is 25.7. The van der Waals surface area contributed by atoms with Gasteiger partial charge in [-0.1, -0.05) is 32.8 Å². The van der Waals surface area contributed by atoms with Crippen molar-refractivity contribution in [1.29, 1.82) is 0 Å². The molecule has 1 N–H and O–H groups in total. The predicted molar refractivity (Wildman–Crippen MR) is 82.1 cm³/mol. The topological polar surface area (TPSA) is 49.4 Å². The molecule has 0 unspecified atom stereocenters. The lowest BCUT2D eigenvalue weighted by Crippen LogP contribution is -2.66. The summed E-state index contributed by atoms with van der Waals surface area (Å²) in [5.74, 6) is -0.0185. The zero-order chi connectivity index (χ0) is 14.9. The van der Waals surface area contributed by atoms with Gasteiger partial charge < -0.3 is 5.32 Å². The molecule has 2 fully saturated rings. The number of fused-ring (bicyclic) bond motifs is 1. The highest BCUT2D eigenvalue weighted by Gasteiger charge is 2.58. The summed E-state index contributed by atoms with van der Waals surface area (Å²) >= 11 is 1.70. The normalized spacial score (nSPS) is 27.2. The molecule has 0 spiro atoms. The standard InChI is InChI=1S/C15H24N2O2S/c1-5-6-7-8-9-11(18)16-12-13(19)17-10(2)15(3,4)20-14(12)17/h12,14H,2,5-9H2,1,3-4H3,(H,16,18)/t12-,14-/m1/s1. The molecule has 2 atom stereocenters. The quantitative estimate of drug-likeness (QED) is 0.605. The van der Waals surface area contributed by atoms with E-state index in [4.69, 9.17) is 0 Å². The molecule has 0 aromatic heterocycles. The van der Waals surface area contributed by atoms with E-state index in [9.17, 15) is 9.59 Å². The summed E-state index contributed by atoms with van der Waals surface area (Å²) in [7, 11) is 0. The Morgan fingerprint density at radius 3 is 2.75 bits per heavy atom. The van der Waals surface area contributed by atoms with E-state index in [0.29, 0.717) is 6.42 Å². The second kappa shape index (κ2) is 5.80. The number of carbonyl (C=O) groups excluding carboxylic acids is 2. The van der Waals surface area contributed by atoms with Crippen LogP contribution >= 0.6 is 11.8 Å². The molecule has 2 aliphatic heterocycles. The molecular weight excluding hydrogens is 272 g/mol. The minimum Gasteiger partial charge on any atom is -0.342 e. The molecule has 0 aromatic rings. The summed E-state index contributed by atoms with van der Waals surface area (Å²) in [5.41, 5.74) is 0.853. The van der Waals surface area contributed by atoms with Crippen LogP contribution in [0.1, 0.15) is 52.9 Å². The van der Waals surface area contributed by atoms with E-state index in [2.05, 4.69) is 32.7 Å². The van der Waals surface area contributed by atoms with Crippen LogP contribution < -0.4 is 5.32 Å². The number of hydrogen-bond acceptors (Lipinski definition) is 3. The summed E-state index contributed by atoms with van der Waals surface area (Å²) in [6, 6.07) is -0.364. The lowest BCUT2D eigenvalue weighted by Gasteiger charge is -2.41. The van der Waals surface area contributed by atoms with Crippen molar-refractivity contribution in [3.05, 3.63) is 12.3 Å². The van der Waals surface area contributed by atoms with Gasteiger partial charge in [0, 0.05) is 12.1 Å². The first-order valence-electron chi connectivity index (χ1n) is 7.38. The molecule has 2 heterocycles. The molecule has 0 radical (unpaired) electrons. The first-order chi connectivity index (χ1) is 9.38. The van der Waals surface area contributed by atoms with Gasteiger partial charge in [0.15, 0.2) is 0 Å². The van der Waals surface area contributed by atoms with Gasteiger partial charge in [-0.25, -0.2) is 0 Å². The molecule has 0 bridgehead atoms. The van der Waals surface area contributed by atoms with Crippen LogP contribution in [0, 0.1) is 0 Å². The number of thioether (sulfide) groups is 1. The van der Waals surface area contributed by atoms with E-state index < -0.39 is 0 Å². The Morgan fingerprint density at radius 2 is 2.10 bits per heavy atom. The molecule has 0 aliphatic carbocycles. The molecular formula is C15H24N2O2S. The maximum atomic E-state index is 12.1. The Balaban J connectivity index is 1.82. The molecule has 4 nitrogen and oxygen atoms in total. The number of amides is 2. The van der Waals surface area contributed by atoms with Crippen molar-refractivity contribution in [2.24, 2.45) is 0 Å². The van der Waals surface area contributed by atoms with Crippen LogP contribution in [0.5, 0.6) is 0 Å². The highest BCUT2D eigenvalue weighted by atomic mass is 32.2. The summed E-state index contributed by atoms with van der Waals surface area (Å²) in [5, 5.41) is 2.91.